The number of benzene rings is 1. The highest BCUT2D eigenvalue weighted by Crippen LogP contribution is 2.32. The molecule has 17 heavy (non-hydrogen) atoms. The van der Waals surface area contributed by atoms with Crippen LogP contribution in [0.15, 0.2) is 12.1 Å². The normalized spacial score (nSPS) is 12.9. The Hall–Kier alpha value is -0.770. The predicted molar refractivity (Wildman–Crippen MR) is 72.8 cm³/mol. The highest BCUT2D eigenvalue weighted by Gasteiger charge is 2.16. The van der Waals surface area contributed by atoms with Crippen molar-refractivity contribution in [2.45, 2.75) is 19.9 Å². The number of aryl methyl sites for hydroxylation is 1. The first-order chi connectivity index (χ1) is 8.01. The molecule has 1 rings (SSSR count). The summed E-state index contributed by atoms with van der Waals surface area (Å²) in [5, 5.41) is 0.646. The van der Waals surface area contributed by atoms with Crippen LogP contribution in [-0.2, 0) is 0 Å². The van der Waals surface area contributed by atoms with Crippen molar-refractivity contribution in [3.05, 3.63) is 28.3 Å². The summed E-state index contributed by atoms with van der Waals surface area (Å²) in [4.78, 5) is 2.10. The molecule has 1 aromatic carbocycles. The molecule has 0 saturated heterocycles. The number of hydrogen-bond acceptors (Lipinski definition) is 3. The summed E-state index contributed by atoms with van der Waals surface area (Å²) in [6.07, 6.45) is 0. The molecule has 0 saturated carbocycles. The summed E-state index contributed by atoms with van der Waals surface area (Å²) in [7, 11) is 4.03. The van der Waals surface area contributed by atoms with Gasteiger partial charge in [0.15, 0.2) is 0 Å². The first-order valence-electron chi connectivity index (χ1n) is 5.80. The monoisotopic (exact) mass is 256 g/mol. The van der Waals surface area contributed by atoms with Gasteiger partial charge in [0, 0.05) is 12.6 Å². The molecular formula is C13H21ClN2O. The van der Waals surface area contributed by atoms with Crippen LogP contribution in [0.1, 0.15) is 24.1 Å². The number of hydrogen-bond donors (Lipinski definition) is 1. The highest BCUT2D eigenvalue weighted by atomic mass is 35.5. The van der Waals surface area contributed by atoms with Crippen LogP contribution >= 0.6 is 11.6 Å². The maximum absolute atomic E-state index is 6.20. The van der Waals surface area contributed by atoms with Crippen molar-refractivity contribution in [1.82, 2.24) is 4.90 Å². The van der Waals surface area contributed by atoms with Gasteiger partial charge in [-0.15, -0.1) is 0 Å². The molecule has 1 atom stereocenters. The van der Waals surface area contributed by atoms with Gasteiger partial charge in [0.05, 0.1) is 11.6 Å². The lowest BCUT2D eigenvalue weighted by Crippen LogP contribution is -2.27. The Labute approximate surface area is 109 Å². The van der Waals surface area contributed by atoms with Crippen molar-refractivity contribution < 1.29 is 4.74 Å². The van der Waals surface area contributed by atoms with E-state index in [0.717, 1.165) is 16.9 Å². The number of rotatable bonds is 5. The number of nitrogens with two attached hydrogens (primary N) is 1. The van der Waals surface area contributed by atoms with Crippen LogP contribution in [0, 0.1) is 6.92 Å². The van der Waals surface area contributed by atoms with Crippen LogP contribution in [0.5, 0.6) is 5.75 Å². The zero-order valence-electron chi connectivity index (χ0n) is 11.0. The highest BCUT2D eigenvalue weighted by molar-refractivity contribution is 6.32. The summed E-state index contributed by atoms with van der Waals surface area (Å²) in [6, 6.07) is 4.12. The first-order valence-corrected chi connectivity index (χ1v) is 6.18. The maximum Gasteiger partial charge on any atom is 0.138 e. The molecule has 0 aromatic heterocycles. The van der Waals surface area contributed by atoms with Gasteiger partial charge in [-0.25, -0.2) is 0 Å². The minimum atomic E-state index is 0.183. The second-order valence-electron chi connectivity index (χ2n) is 4.29. The van der Waals surface area contributed by atoms with E-state index in [1.165, 1.54) is 0 Å². The predicted octanol–water partition coefficient (Wildman–Crippen LogP) is 2.61. The SMILES string of the molecule is CCOc1cc(C)c(C(CN)N(C)C)cc1Cl. The van der Waals surface area contributed by atoms with E-state index in [2.05, 4.69) is 11.8 Å². The summed E-state index contributed by atoms with van der Waals surface area (Å²) >= 11 is 6.20. The van der Waals surface area contributed by atoms with E-state index < -0.39 is 0 Å². The van der Waals surface area contributed by atoms with Gasteiger partial charge >= 0.3 is 0 Å². The van der Waals surface area contributed by atoms with Crippen LogP contribution in [-0.4, -0.2) is 32.1 Å². The van der Waals surface area contributed by atoms with Gasteiger partial charge in [0.2, 0.25) is 0 Å². The van der Waals surface area contributed by atoms with Crippen molar-refractivity contribution in [1.29, 1.82) is 0 Å². The molecule has 0 aliphatic heterocycles. The molecule has 0 fully saturated rings. The minimum absolute atomic E-state index is 0.183. The van der Waals surface area contributed by atoms with Crippen molar-refractivity contribution in [2.24, 2.45) is 5.73 Å². The molecule has 4 heteroatoms. The second-order valence-corrected chi connectivity index (χ2v) is 4.69. The Balaban J connectivity index is 3.13. The smallest absolute Gasteiger partial charge is 0.138 e. The lowest BCUT2D eigenvalue weighted by molar-refractivity contribution is 0.304. The van der Waals surface area contributed by atoms with E-state index in [1.807, 2.05) is 33.2 Å². The Bertz CT molecular complexity index is 380. The molecule has 0 aliphatic rings. The topological polar surface area (TPSA) is 38.5 Å². The van der Waals surface area contributed by atoms with Gasteiger partial charge < -0.3 is 15.4 Å². The summed E-state index contributed by atoms with van der Waals surface area (Å²) in [5.41, 5.74) is 8.12. The van der Waals surface area contributed by atoms with E-state index in [1.54, 1.807) is 0 Å². The molecule has 0 heterocycles. The fourth-order valence-electron chi connectivity index (χ4n) is 1.91. The second kappa shape index (κ2) is 6.24. The molecular weight excluding hydrogens is 236 g/mol. The van der Waals surface area contributed by atoms with E-state index >= 15 is 0 Å². The molecule has 0 amide bonds. The average Bonchev–Trinajstić information content (AvgIpc) is 2.25. The maximum atomic E-state index is 6.20. The quantitative estimate of drug-likeness (QED) is 0.880. The Kier molecular flexibility index (Phi) is 5.25. The minimum Gasteiger partial charge on any atom is -0.492 e. The molecule has 96 valence electrons. The molecule has 1 unspecified atom stereocenters. The Morgan fingerprint density at radius 3 is 2.53 bits per heavy atom. The Morgan fingerprint density at radius 2 is 2.06 bits per heavy atom. The molecule has 1 aromatic rings. The van der Waals surface area contributed by atoms with Gasteiger partial charge in [-0.2, -0.15) is 0 Å². The van der Waals surface area contributed by atoms with Crippen LogP contribution in [0.3, 0.4) is 0 Å². The van der Waals surface area contributed by atoms with Crippen LogP contribution in [0.2, 0.25) is 5.02 Å². The standard InChI is InChI=1S/C13H21ClN2O/c1-5-17-13-6-9(2)10(7-11(13)14)12(8-15)16(3)4/h6-7,12H,5,8,15H2,1-4H3. The lowest BCUT2D eigenvalue weighted by atomic mass is 10.00. The summed E-state index contributed by atoms with van der Waals surface area (Å²) < 4.78 is 5.47. The van der Waals surface area contributed by atoms with Crippen LogP contribution in [0.4, 0.5) is 0 Å². The molecule has 0 aliphatic carbocycles. The average molecular weight is 257 g/mol. The third-order valence-corrected chi connectivity index (χ3v) is 3.12. The molecule has 0 spiro atoms. The number of nitrogens with zero attached hydrogens (tertiary/aromatic N) is 1. The largest absolute Gasteiger partial charge is 0.492 e. The zero-order chi connectivity index (χ0) is 13.0. The van der Waals surface area contributed by atoms with E-state index in [-0.39, 0.29) is 6.04 Å². The van der Waals surface area contributed by atoms with Crippen LogP contribution in [0.25, 0.3) is 0 Å². The van der Waals surface area contributed by atoms with E-state index in [9.17, 15) is 0 Å². The Morgan fingerprint density at radius 1 is 1.41 bits per heavy atom. The molecule has 2 N–H and O–H groups in total. The fourth-order valence-corrected chi connectivity index (χ4v) is 2.14. The van der Waals surface area contributed by atoms with Crippen LogP contribution < -0.4 is 10.5 Å². The summed E-state index contributed by atoms with van der Waals surface area (Å²) in [6.45, 7) is 5.19. The fraction of sp³-hybridized carbons (Fsp3) is 0.538. The third-order valence-electron chi connectivity index (χ3n) is 2.83. The third kappa shape index (κ3) is 3.35. The van der Waals surface area contributed by atoms with Crippen molar-refractivity contribution in [2.75, 3.05) is 27.2 Å². The summed E-state index contributed by atoms with van der Waals surface area (Å²) in [5.74, 6) is 0.741. The van der Waals surface area contributed by atoms with Gasteiger partial charge in [-0.1, -0.05) is 11.6 Å². The van der Waals surface area contributed by atoms with E-state index in [4.69, 9.17) is 22.1 Å². The van der Waals surface area contributed by atoms with E-state index in [0.29, 0.717) is 18.2 Å². The zero-order valence-corrected chi connectivity index (χ0v) is 11.7. The molecule has 0 bridgehead atoms. The van der Waals surface area contributed by atoms with Gasteiger partial charge in [0.1, 0.15) is 5.75 Å². The number of ether oxygens (including phenoxy) is 1. The first kappa shape index (κ1) is 14.3. The van der Waals surface area contributed by atoms with Gasteiger partial charge in [0.25, 0.3) is 0 Å². The number of halogens is 1. The van der Waals surface area contributed by atoms with Gasteiger partial charge in [-0.3, -0.25) is 0 Å². The van der Waals surface area contributed by atoms with Gasteiger partial charge in [-0.05, 0) is 51.2 Å². The van der Waals surface area contributed by atoms with Crippen molar-refractivity contribution >= 4 is 11.6 Å². The lowest BCUT2D eigenvalue weighted by Gasteiger charge is -2.25. The molecule has 3 nitrogen and oxygen atoms in total. The number of likely N-dealkylation sites (N-methyl/N-ethyl adjacent to an activating group) is 1. The molecule has 0 radical (unpaired) electrons. The van der Waals surface area contributed by atoms with Crippen molar-refractivity contribution in [3.63, 3.8) is 0 Å². The van der Waals surface area contributed by atoms with Crippen molar-refractivity contribution in [3.8, 4) is 5.75 Å².